The van der Waals surface area contributed by atoms with Gasteiger partial charge in [0.2, 0.25) is 0 Å². The number of aliphatic hydroxyl groups is 1. The highest BCUT2D eigenvalue weighted by Crippen LogP contribution is 2.15. The van der Waals surface area contributed by atoms with Crippen LogP contribution >= 0.6 is 0 Å². The molecule has 0 amide bonds. The van der Waals surface area contributed by atoms with E-state index in [2.05, 4.69) is 0 Å². The molecule has 0 saturated heterocycles. The summed E-state index contributed by atoms with van der Waals surface area (Å²) in [5, 5.41) is 47.4. The van der Waals surface area contributed by atoms with Crippen molar-refractivity contribution in [2.45, 2.75) is 18.4 Å². The van der Waals surface area contributed by atoms with Gasteiger partial charge in [0.15, 0.2) is 5.60 Å². The van der Waals surface area contributed by atoms with Crippen molar-refractivity contribution >= 4 is 17.9 Å². The van der Waals surface area contributed by atoms with E-state index in [0.717, 1.165) is 0 Å². The standard InChI is InChI=1S/C6H8O7.HNO3.H3N.H2O/c7-3(8)1-6(13,5(11)12)2-4(9)10;2-1(3)4;;/h13H,1-2H2,(H,7,8)(H,9,10)(H,11,12);(H,2,3,4);1H3;1H2. The summed E-state index contributed by atoms with van der Waals surface area (Å²) >= 11 is 0. The van der Waals surface area contributed by atoms with Gasteiger partial charge in [0, 0.05) is 0 Å². The van der Waals surface area contributed by atoms with E-state index < -0.39 is 41.4 Å². The van der Waals surface area contributed by atoms with E-state index in [1.54, 1.807) is 0 Å². The first-order valence-electron chi connectivity index (χ1n) is 3.74. The highest BCUT2D eigenvalue weighted by molar-refractivity contribution is 5.88. The van der Waals surface area contributed by atoms with Gasteiger partial charge < -0.3 is 37.3 Å². The lowest BCUT2D eigenvalue weighted by Crippen LogP contribution is -2.42. The number of carboxylic acids is 3. The molecule has 0 fully saturated rings. The molecule has 0 aromatic rings. The van der Waals surface area contributed by atoms with Crippen molar-refractivity contribution in [1.29, 1.82) is 0 Å². The molecule has 13 nitrogen and oxygen atoms in total. The molecule has 114 valence electrons. The summed E-state index contributed by atoms with van der Waals surface area (Å²) in [6.07, 6.45) is -2.29. The highest BCUT2D eigenvalue weighted by atomic mass is 16.9. The van der Waals surface area contributed by atoms with E-state index in [-0.39, 0.29) is 11.6 Å². The van der Waals surface area contributed by atoms with Crippen molar-refractivity contribution in [3.63, 3.8) is 0 Å². The molecule has 19 heavy (non-hydrogen) atoms. The summed E-state index contributed by atoms with van der Waals surface area (Å²) in [6, 6.07) is 0. The average molecular weight is 290 g/mol. The fourth-order valence-electron chi connectivity index (χ4n) is 0.714. The average Bonchev–Trinajstić information content (AvgIpc) is 1.98. The number of aliphatic carboxylic acids is 3. The van der Waals surface area contributed by atoms with Crippen LogP contribution in [-0.4, -0.2) is 59.7 Å². The van der Waals surface area contributed by atoms with Crippen molar-refractivity contribution < 1.29 is 50.6 Å². The zero-order chi connectivity index (χ0) is 14.2. The third-order valence-electron chi connectivity index (χ3n) is 1.29. The maximum Gasteiger partial charge on any atom is 0.336 e. The second-order valence-electron chi connectivity index (χ2n) is 2.72. The quantitative estimate of drug-likeness (QED) is 0.232. The van der Waals surface area contributed by atoms with Crippen LogP contribution < -0.4 is 6.15 Å². The van der Waals surface area contributed by atoms with Gasteiger partial charge in [0.25, 0.3) is 5.09 Å². The van der Waals surface area contributed by atoms with Gasteiger partial charge in [0.1, 0.15) is 0 Å². The molecule has 0 bridgehead atoms. The number of carboxylic acid groups (broad SMARTS) is 3. The van der Waals surface area contributed by atoms with Crippen LogP contribution in [0.3, 0.4) is 0 Å². The van der Waals surface area contributed by atoms with Crippen LogP contribution in [0.25, 0.3) is 0 Å². The predicted molar refractivity (Wildman–Crippen MR) is 54.5 cm³/mol. The zero-order valence-corrected chi connectivity index (χ0v) is 9.35. The molecule has 13 heteroatoms. The first kappa shape index (κ1) is 25.4. The number of carbonyl (C=O) groups is 3. The molecular formula is C6H14N2O11. The molecule has 0 heterocycles. The van der Waals surface area contributed by atoms with Gasteiger partial charge in [0.05, 0.1) is 12.8 Å². The maximum absolute atomic E-state index is 10.3. The molecule has 0 unspecified atom stereocenters. The Morgan fingerprint density at radius 2 is 1.26 bits per heavy atom. The molecule has 0 atom stereocenters. The largest absolute Gasteiger partial charge is 0.481 e. The molecule has 0 saturated carbocycles. The molecule has 0 spiro atoms. The van der Waals surface area contributed by atoms with Crippen LogP contribution in [0.4, 0.5) is 0 Å². The van der Waals surface area contributed by atoms with Crippen molar-refractivity contribution in [2.75, 3.05) is 0 Å². The minimum absolute atomic E-state index is 0. The summed E-state index contributed by atoms with van der Waals surface area (Å²) in [4.78, 5) is 38.8. The Balaban J connectivity index is -0.000000165. The zero-order valence-electron chi connectivity index (χ0n) is 9.35. The summed E-state index contributed by atoms with van der Waals surface area (Å²) in [7, 11) is 0. The smallest absolute Gasteiger partial charge is 0.336 e. The Hall–Kier alpha value is -2.51. The van der Waals surface area contributed by atoms with Gasteiger partial charge in [-0.25, -0.2) is 4.79 Å². The van der Waals surface area contributed by atoms with Crippen molar-refractivity contribution in [3.05, 3.63) is 10.1 Å². The van der Waals surface area contributed by atoms with Gasteiger partial charge in [-0.15, -0.1) is 10.1 Å². The Kier molecular flexibility index (Phi) is 14.2. The number of nitrogens with zero attached hydrogens (tertiary/aromatic N) is 1. The Bertz CT molecular complexity index is 307. The number of hydrogen-bond acceptors (Lipinski definition) is 7. The van der Waals surface area contributed by atoms with E-state index in [1.165, 1.54) is 0 Å². The molecule has 10 N–H and O–H groups in total. The fourth-order valence-corrected chi connectivity index (χ4v) is 0.714. The SMILES string of the molecule is N.O.O=C(O)CC(O)(CC(=O)O)C(=O)O.O=[N+]([O-])O. The van der Waals surface area contributed by atoms with E-state index in [1.807, 2.05) is 0 Å². The van der Waals surface area contributed by atoms with Gasteiger partial charge >= 0.3 is 17.9 Å². The van der Waals surface area contributed by atoms with Crippen LogP contribution in [0.5, 0.6) is 0 Å². The second kappa shape index (κ2) is 10.6. The van der Waals surface area contributed by atoms with E-state index in [0.29, 0.717) is 0 Å². The molecular weight excluding hydrogens is 276 g/mol. The van der Waals surface area contributed by atoms with Crippen molar-refractivity contribution in [3.8, 4) is 0 Å². The van der Waals surface area contributed by atoms with E-state index >= 15 is 0 Å². The number of rotatable bonds is 5. The molecule has 0 aliphatic rings. The van der Waals surface area contributed by atoms with Gasteiger partial charge in [-0.3, -0.25) is 9.59 Å². The molecule has 0 aromatic carbocycles. The Morgan fingerprint density at radius 3 is 1.37 bits per heavy atom. The lowest BCUT2D eigenvalue weighted by molar-refractivity contribution is -0.742. The normalized spacial score (nSPS) is 8.68. The van der Waals surface area contributed by atoms with Crippen LogP contribution in [0.1, 0.15) is 12.8 Å². The molecule has 0 aliphatic heterocycles. The van der Waals surface area contributed by atoms with Crippen LogP contribution in [0.2, 0.25) is 0 Å². The molecule has 0 aromatic heterocycles. The van der Waals surface area contributed by atoms with Gasteiger partial charge in [-0.2, -0.15) is 0 Å². The topological polar surface area (TPSA) is 262 Å². The van der Waals surface area contributed by atoms with Gasteiger partial charge in [-0.05, 0) is 0 Å². The summed E-state index contributed by atoms with van der Waals surface area (Å²) in [5.74, 6) is -5.02. The van der Waals surface area contributed by atoms with Gasteiger partial charge in [-0.1, -0.05) is 0 Å². The van der Waals surface area contributed by atoms with Crippen LogP contribution in [-0.2, 0) is 14.4 Å². The monoisotopic (exact) mass is 290 g/mol. The molecule has 0 radical (unpaired) electrons. The lowest BCUT2D eigenvalue weighted by Gasteiger charge is -2.18. The molecule has 0 aliphatic carbocycles. The fraction of sp³-hybridized carbons (Fsp3) is 0.500. The number of hydrogen-bond donors (Lipinski definition) is 6. The Morgan fingerprint density at radius 1 is 1.05 bits per heavy atom. The summed E-state index contributed by atoms with van der Waals surface area (Å²) in [6.45, 7) is 0. The maximum atomic E-state index is 10.3. The van der Waals surface area contributed by atoms with Crippen LogP contribution in [0, 0.1) is 10.1 Å². The van der Waals surface area contributed by atoms with E-state index in [9.17, 15) is 14.4 Å². The third kappa shape index (κ3) is 15.5. The highest BCUT2D eigenvalue weighted by Gasteiger charge is 2.40. The first-order valence-corrected chi connectivity index (χ1v) is 3.74. The minimum atomic E-state index is -2.74. The minimum Gasteiger partial charge on any atom is -0.481 e. The van der Waals surface area contributed by atoms with Crippen LogP contribution in [0.15, 0.2) is 0 Å². The third-order valence-corrected chi connectivity index (χ3v) is 1.29. The lowest BCUT2D eigenvalue weighted by atomic mass is 9.96. The first-order chi connectivity index (χ1) is 7.51. The summed E-state index contributed by atoms with van der Waals surface area (Å²) in [5.41, 5.74) is -2.74. The Labute approximate surface area is 104 Å². The van der Waals surface area contributed by atoms with Crippen molar-refractivity contribution in [1.82, 2.24) is 6.15 Å². The molecule has 0 rings (SSSR count). The summed E-state index contributed by atoms with van der Waals surface area (Å²) < 4.78 is 0. The van der Waals surface area contributed by atoms with E-state index in [4.69, 9.17) is 35.7 Å². The predicted octanol–water partition coefficient (Wildman–Crippen LogP) is -2.26. The second-order valence-corrected chi connectivity index (χ2v) is 2.72. The van der Waals surface area contributed by atoms with Crippen molar-refractivity contribution in [2.24, 2.45) is 0 Å².